The number of hydrogen-bond acceptors (Lipinski definition) is 1. The number of nitrogens with one attached hydrogen (secondary N) is 1. The molecule has 3 heteroatoms. The molecule has 1 N–H and O–H groups in total. The van der Waals surface area contributed by atoms with Crippen LogP contribution in [0.3, 0.4) is 0 Å². The molecular formula is C13H15IN2. The number of aryl methyl sites for hydroxylation is 2. The second-order valence-corrected chi connectivity index (χ2v) is 5.09. The normalized spacial score (nSPS) is 10.4. The molecule has 0 aliphatic carbocycles. The summed E-state index contributed by atoms with van der Waals surface area (Å²) in [6.45, 7) is 2.99. The van der Waals surface area contributed by atoms with Gasteiger partial charge >= 0.3 is 0 Å². The molecule has 0 aliphatic heterocycles. The third-order valence-electron chi connectivity index (χ3n) is 2.70. The van der Waals surface area contributed by atoms with E-state index in [1.165, 1.54) is 20.5 Å². The SMILES string of the molecule is Cc1ccc(NCc2cccn2C)cc1I. The predicted octanol–water partition coefficient (Wildman–Crippen LogP) is 3.55. The minimum atomic E-state index is 0.864. The number of rotatable bonds is 3. The maximum absolute atomic E-state index is 3.43. The Balaban J connectivity index is 2.05. The zero-order chi connectivity index (χ0) is 11.5. The lowest BCUT2D eigenvalue weighted by molar-refractivity contribution is 0.842. The number of aromatic nitrogens is 1. The van der Waals surface area contributed by atoms with Gasteiger partial charge in [0, 0.05) is 28.2 Å². The summed E-state index contributed by atoms with van der Waals surface area (Å²) in [6.07, 6.45) is 2.07. The minimum absolute atomic E-state index is 0.864. The first-order valence-electron chi connectivity index (χ1n) is 5.27. The third-order valence-corrected chi connectivity index (χ3v) is 3.86. The van der Waals surface area contributed by atoms with Crippen molar-refractivity contribution in [3.8, 4) is 0 Å². The monoisotopic (exact) mass is 326 g/mol. The molecule has 0 fully saturated rings. The second kappa shape index (κ2) is 4.91. The van der Waals surface area contributed by atoms with Gasteiger partial charge in [-0.25, -0.2) is 0 Å². The van der Waals surface area contributed by atoms with Crippen LogP contribution in [0.2, 0.25) is 0 Å². The van der Waals surface area contributed by atoms with Crippen LogP contribution in [0, 0.1) is 10.5 Å². The lowest BCUT2D eigenvalue weighted by atomic mass is 10.2. The van der Waals surface area contributed by atoms with Gasteiger partial charge in [0.2, 0.25) is 0 Å². The molecule has 84 valence electrons. The highest BCUT2D eigenvalue weighted by atomic mass is 127. The van der Waals surface area contributed by atoms with Crippen molar-refractivity contribution >= 4 is 28.3 Å². The van der Waals surface area contributed by atoms with Crippen LogP contribution < -0.4 is 5.32 Å². The maximum atomic E-state index is 3.43. The van der Waals surface area contributed by atoms with Crippen molar-refractivity contribution in [2.75, 3.05) is 5.32 Å². The van der Waals surface area contributed by atoms with Crippen molar-refractivity contribution in [2.24, 2.45) is 7.05 Å². The quantitative estimate of drug-likeness (QED) is 0.854. The smallest absolute Gasteiger partial charge is 0.0553 e. The van der Waals surface area contributed by atoms with Gasteiger partial charge in [-0.2, -0.15) is 0 Å². The highest BCUT2D eigenvalue weighted by Gasteiger charge is 1.99. The van der Waals surface area contributed by atoms with Crippen LogP contribution in [-0.2, 0) is 13.6 Å². The van der Waals surface area contributed by atoms with Crippen molar-refractivity contribution in [1.29, 1.82) is 0 Å². The molecule has 0 atom stereocenters. The molecular weight excluding hydrogens is 311 g/mol. The summed E-state index contributed by atoms with van der Waals surface area (Å²) in [5, 5.41) is 3.43. The Labute approximate surface area is 110 Å². The van der Waals surface area contributed by atoms with E-state index in [9.17, 15) is 0 Å². The summed E-state index contributed by atoms with van der Waals surface area (Å²) in [4.78, 5) is 0. The second-order valence-electron chi connectivity index (χ2n) is 3.93. The van der Waals surface area contributed by atoms with E-state index in [-0.39, 0.29) is 0 Å². The summed E-state index contributed by atoms with van der Waals surface area (Å²) in [5.74, 6) is 0. The van der Waals surface area contributed by atoms with Gasteiger partial charge in [0.05, 0.1) is 6.54 Å². The molecule has 0 saturated heterocycles. The number of anilines is 1. The summed E-state index contributed by atoms with van der Waals surface area (Å²) in [7, 11) is 2.07. The zero-order valence-electron chi connectivity index (χ0n) is 9.50. The molecule has 1 heterocycles. The third kappa shape index (κ3) is 2.58. The predicted molar refractivity (Wildman–Crippen MR) is 76.6 cm³/mol. The van der Waals surface area contributed by atoms with Gasteiger partial charge in [-0.05, 0) is 59.3 Å². The first kappa shape index (κ1) is 11.5. The van der Waals surface area contributed by atoms with Crippen molar-refractivity contribution in [3.05, 3.63) is 51.4 Å². The Morgan fingerprint density at radius 3 is 2.75 bits per heavy atom. The maximum Gasteiger partial charge on any atom is 0.0553 e. The van der Waals surface area contributed by atoms with Gasteiger partial charge in [-0.1, -0.05) is 6.07 Å². The van der Waals surface area contributed by atoms with E-state index < -0.39 is 0 Å². The fraction of sp³-hybridized carbons (Fsp3) is 0.231. The van der Waals surface area contributed by atoms with E-state index in [1.807, 2.05) is 0 Å². The molecule has 1 aromatic heterocycles. The van der Waals surface area contributed by atoms with Gasteiger partial charge in [0.15, 0.2) is 0 Å². The Bertz CT molecular complexity index is 488. The van der Waals surface area contributed by atoms with E-state index in [0.29, 0.717) is 0 Å². The van der Waals surface area contributed by atoms with Gasteiger partial charge in [0.1, 0.15) is 0 Å². The summed E-state index contributed by atoms with van der Waals surface area (Å²) < 4.78 is 3.43. The summed E-state index contributed by atoms with van der Waals surface area (Å²) in [6, 6.07) is 10.6. The van der Waals surface area contributed by atoms with Gasteiger partial charge in [0.25, 0.3) is 0 Å². The van der Waals surface area contributed by atoms with E-state index in [4.69, 9.17) is 0 Å². The van der Waals surface area contributed by atoms with E-state index >= 15 is 0 Å². The molecule has 2 nitrogen and oxygen atoms in total. The molecule has 0 radical (unpaired) electrons. The fourth-order valence-electron chi connectivity index (χ4n) is 1.58. The Kier molecular flexibility index (Phi) is 3.53. The molecule has 2 rings (SSSR count). The van der Waals surface area contributed by atoms with Crippen LogP contribution >= 0.6 is 22.6 Å². The molecule has 0 amide bonds. The fourth-order valence-corrected chi connectivity index (χ4v) is 2.09. The van der Waals surface area contributed by atoms with E-state index in [2.05, 4.69) is 83.0 Å². The number of hydrogen-bond donors (Lipinski definition) is 1. The van der Waals surface area contributed by atoms with Crippen molar-refractivity contribution in [2.45, 2.75) is 13.5 Å². The molecule has 0 bridgehead atoms. The van der Waals surface area contributed by atoms with Crippen LogP contribution in [0.5, 0.6) is 0 Å². The first-order chi connectivity index (χ1) is 7.66. The molecule has 0 spiro atoms. The Morgan fingerprint density at radius 1 is 1.31 bits per heavy atom. The van der Waals surface area contributed by atoms with Gasteiger partial charge < -0.3 is 9.88 Å². The van der Waals surface area contributed by atoms with Crippen LogP contribution in [0.15, 0.2) is 36.5 Å². The number of nitrogens with zero attached hydrogens (tertiary/aromatic N) is 1. The van der Waals surface area contributed by atoms with Crippen molar-refractivity contribution < 1.29 is 0 Å². The number of halogens is 1. The lowest BCUT2D eigenvalue weighted by Gasteiger charge is -2.08. The molecule has 1 aromatic carbocycles. The summed E-state index contributed by atoms with van der Waals surface area (Å²) >= 11 is 2.36. The highest BCUT2D eigenvalue weighted by molar-refractivity contribution is 14.1. The van der Waals surface area contributed by atoms with Crippen LogP contribution in [0.4, 0.5) is 5.69 Å². The summed E-state index contributed by atoms with van der Waals surface area (Å²) in [5.41, 5.74) is 3.79. The highest BCUT2D eigenvalue weighted by Crippen LogP contribution is 2.17. The number of benzene rings is 1. The Morgan fingerprint density at radius 2 is 2.12 bits per heavy atom. The molecule has 16 heavy (non-hydrogen) atoms. The average molecular weight is 326 g/mol. The van der Waals surface area contributed by atoms with E-state index in [0.717, 1.165) is 6.54 Å². The Hall–Kier alpha value is -0.970. The zero-order valence-corrected chi connectivity index (χ0v) is 11.7. The largest absolute Gasteiger partial charge is 0.379 e. The molecule has 0 unspecified atom stereocenters. The van der Waals surface area contributed by atoms with Crippen molar-refractivity contribution in [3.63, 3.8) is 0 Å². The van der Waals surface area contributed by atoms with E-state index in [1.54, 1.807) is 0 Å². The van der Waals surface area contributed by atoms with Crippen LogP contribution in [0.25, 0.3) is 0 Å². The average Bonchev–Trinajstić information content (AvgIpc) is 2.66. The minimum Gasteiger partial charge on any atom is -0.379 e. The molecule has 0 saturated carbocycles. The topological polar surface area (TPSA) is 17.0 Å². The van der Waals surface area contributed by atoms with Gasteiger partial charge in [-0.3, -0.25) is 0 Å². The first-order valence-corrected chi connectivity index (χ1v) is 6.35. The van der Waals surface area contributed by atoms with Gasteiger partial charge in [-0.15, -0.1) is 0 Å². The standard InChI is InChI=1S/C13H15IN2/c1-10-5-6-11(8-13(10)14)15-9-12-4-3-7-16(12)2/h3-8,15H,9H2,1-2H3. The molecule has 0 aliphatic rings. The van der Waals surface area contributed by atoms with Crippen LogP contribution in [-0.4, -0.2) is 4.57 Å². The van der Waals surface area contributed by atoms with Crippen LogP contribution in [0.1, 0.15) is 11.3 Å². The molecule has 2 aromatic rings. The lowest BCUT2D eigenvalue weighted by Crippen LogP contribution is -2.04. The van der Waals surface area contributed by atoms with Crippen molar-refractivity contribution in [1.82, 2.24) is 4.57 Å².